The molecule has 0 unspecified atom stereocenters. The Morgan fingerprint density at radius 2 is 1.57 bits per heavy atom. The molecular weight excluding hydrogens is 596 g/mol. The van der Waals surface area contributed by atoms with Crippen molar-refractivity contribution in [3.8, 4) is 0 Å². The molecule has 0 spiro atoms. The van der Waals surface area contributed by atoms with Crippen molar-refractivity contribution in [2.45, 2.75) is 71.4 Å². The first-order valence-corrected chi connectivity index (χ1v) is 17.3. The van der Waals surface area contributed by atoms with Crippen molar-refractivity contribution in [1.82, 2.24) is 4.58 Å². The van der Waals surface area contributed by atoms with E-state index < -0.39 is 32.8 Å². The number of nitrogens with zero attached hydrogens (tertiary/aromatic N) is 2. The van der Waals surface area contributed by atoms with Crippen LogP contribution < -0.4 is 20.1 Å². The summed E-state index contributed by atoms with van der Waals surface area (Å²) in [6.07, 6.45) is 5.01. The number of aromatic carboxylic acids is 1. The SMILES string of the molecule is CCC1=CC(C)(C)[N+](C)=c2cc3c(cc21)=C(c1ccccc1C(=O)O)c1cc2c(cc1C3(C)C)N(C)C(C)(C)C=C2CS(=O)(=O)[O-]. The van der Waals surface area contributed by atoms with Gasteiger partial charge in [0.2, 0.25) is 5.36 Å². The molecule has 2 heterocycles. The van der Waals surface area contributed by atoms with Gasteiger partial charge in [0.05, 0.1) is 27.0 Å². The standard InChI is InChI=1S/C38H42N2O5S/c1-10-22-19-36(2,3)39(8)32-17-30-28(15-26(22)32)34(24-13-11-12-14-25(24)35(41)42)29-16-27-23(21-46(43,44)45)20-37(4,5)40(9)33(27)18-31(29)38(30,6)7/h11-20H,10,21H2,1-9H3,(H-,41,42,43,44,45). The number of allylic oxidation sites excluding steroid dienone is 1. The van der Waals surface area contributed by atoms with E-state index in [1.165, 1.54) is 5.57 Å². The number of carboxylic acids is 1. The second-order valence-corrected chi connectivity index (χ2v) is 15.9. The molecule has 3 aromatic carbocycles. The zero-order valence-corrected chi connectivity index (χ0v) is 28.9. The molecule has 0 aromatic heterocycles. The highest BCUT2D eigenvalue weighted by molar-refractivity contribution is 7.86. The number of likely N-dealkylation sites (N-methyl/N-ethyl adjacent to an activating group) is 2. The Balaban J connectivity index is 1.83. The van der Waals surface area contributed by atoms with E-state index in [9.17, 15) is 22.9 Å². The van der Waals surface area contributed by atoms with Crippen molar-refractivity contribution < 1.29 is 22.9 Å². The summed E-state index contributed by atoms with van der Waals surface area (Å²) >= 11 is 0. The molecule has 6 rings (SSSR count). The highest BCUT2D eigenvalue weighted by Gasteiger charge is 2.40. The van der Waals surface area contributed by atoms with Crippen molar-refractivity contribution >= 4 is 38.5 Å². The lowest BCUT2D eigenvalue weighted by Crippen LogP contribution is -2.48. The first kappa shape index (κ1) is 32.0. The summed E-state index contributed by atoms with van der Waals surface area (Å²) < 4.78 is 38.7. The van der Waals surface area contributed by atoms with E-state index in [-0.39, 0.29) is 11.1 Å². The van der Waals surface area contributed by atoms with Crippen LogP contribution in [0.3, 0.4) is 0 Å². The molecule has 0 amide bonds. The fourth-order valence-electron chi connectivity index (χ4n) is 7.59. The van der Waals surface area contributed by atoms with E-state index in [0.717, 1.165) is 50.5 Å². The van der Waals surface area contributed by atoms with E-state index in [2.05, 4.69) is 75.4 Å². The van der Waals surface area contributed by atoms with Crippen molar-refractivity contribution in [3.05, 3.63) is 110 Å². The maximum atomic E-state index is 12.7. The molecule has 0 atom stereocenters. The molecule has 2 aliphatic heterocycles. The van der Waals surface area contributed by atoms with E-state index >= 15 is 0 Å². The van der Waals surface area contributed by atoms with Gasteiger partial charge in [0.15, 0.2) is 5.54 Å². The van der Waals surface area contributed by atoms with Gasteiger partial charge in [-0.3, -0.25) is 0 Å². The molecule has 8 heteroatoms. The van der Waals surface area contributed by atoms with Gasteiger partial charge < -0.3 is 14.6 Å². The number of hydrogen-bond donors (Lipinski definition) is 1. The molecule has 3 aliphatic rings. The largest absolute Gasteiger partial charge is 0.748 e. The monoisotopic (exact) mass is 638 g/mol. The van der Waals surface area contributed by atoms with Gasteiger partial charge in [0.25, 0.3) is 0 Å². The Morgan fingerprint density at radius 3 is 2.20 bits per heavy atom. The van der Waals surface area contributed by atoms with Crippen LogP contribution in [0, 0.1) is 0 Å². The summed E-state index contributed by atoms with van der Waals surface area (Å²) in [6.45, 7) is 15.0. The smallest absolute Gasteiger partial charge is 0.336 e. The average molecular weight is 639 g/mol. The molecule has 3 aromatic rings. The quantitative estimate of drug-likeness (QED) is 0.307. The molecule has 1 N–H and O–H groups in total. The van der Waals surface area contributed by atoms with Crippen molar-refractivity contribution in [3.63, 3.8) is 0 Å². The van der Waals surface area contributed by atoms with Gasteiger partial charge in [0, 0.05) is 49.2 Å². The van der Waals surface area contributed by atoms with E-state index in [1.807, 2.05) is 45.2 Å². The van der Waals surface area contributed by atoms with Gasteiger partial charge in [-0.05, 0) is 94.8 Å². The summed E-state index contributed by atoms with van der Waals surface area (Å²) in [6, 6.07) is 15.7. The second-order valence-electron chi connectivity index (χ2n) is 14.5. The van der Waals surface area contributed by atoms with Gasteiger partial charge >= 0.3 is 5.97 Å². The lowest BCUT2D eigenvalue weighted by molar-refractivity contribution is 0.0696. The number of carbonyl (C=O) groups is 1. The third kappa shape index (κ3) is 4.85. The number of rotatable bonds is 5. The third-order valence-corrected chi connectivity index (χ3v) is 11.2. The Kier molecular flexibility index (Phi) is 7.12. The molecule has 0 saturated carbocycles. The zero-order chi connectivity index (χ0) is 33.7. The topological polar surface area (TPSA) is 101 Å². The van der Waals surface area contributed by atoms with Crippen LogP contribution in [0.2, 0.25) is 0 Å². The number of carboxylic acid groups (broad SMARTS) is 1. The second kappa shape index (κ2) is 10.2. The number of anilines is 1. The Bertz CT molecular complexity index is 2170. The maximum Gasteiger partial charge on any atom is 0.336 e. The maximum absolute atomic E-state index is 12.7. The summed E-state index contributed by atoms with van der Waals surface area (Å²) in [4.78, 5) is 14.8. The third-order valence-electron chi connectivity index (χ3n) is 10.5. The average Bonchev–Trinajstić information content (AvgIpc) is 2.96. The van der Waals surface area contributed by atoms with Crippen LogP contribution in [0.5, 0.6) is 0 Å². The molecule has 7 nitrogen and oxygen atoms in total. The normalized spacial score (nSPS) is 19.0. The molecule has 46 heavy (non-hydrogen) atoms. The summed E-state index contributed by atoms with van der Waals surface area (Å²) in [7, 11) is -0.482. The van der Waals surface area contributed by atoms with Crippen molar-refractivity contribution in [1.29, 1.82) is 0 Å². The van der Waals surface area contributed by atoms with Crippen LogP contribution in [-0.4, -0.2) is 55.0 Å². The minimum atomic E-state index is -4.58. The van der Waals surface area contributed by atoms with Crippen molar-refractivity contribution in [2.75, 3.05) is 24.7 Å². The highest BCUT2D eigenvalue weighted by Crippen LogP contribution is 2.47. The summed E-state index contributed by atoms with van der Waals surface area (Å²) in [5, 5.41) is 12.4. The van der Waals surface area contributed by atoms with E-state index in [1.54, 1.807) is 12.1 Å². The highest BCUT2D eigenvalue weighted by atomic mass is 32.2. The fraction of sp³-hybridized carbons (Fsp3) is 0.368. The Hall–Kier alpha value is -4.01. The van der Waals surface area contributed by atoms with Gasteiger partial charge in [-0.2, -0.15) is 0 Å². The van der Waals surface area contributed by atoms with Crippen LogP contribution in [0.25, 0.3) is 16.7 Å². The Morgan fingerprint density at radius 1 is 0.891 bits per heavy atom. The van der Waals surface area contributed by atoms with Crippen LogP contribution in [0.4, 0.5) is 5.69 Å². The van der Waals surface area contributed by atoms with Crippen LogP contribution >= 0.6 is 0 Å². The Labute approximate surface area is 271 Å². The van der Waals surface area contributed by atoms with Gasteiger partial charge in [-0.15, -0.1) is 0 Å². The number of benzene rings is 3. The lowest BCUT2D eigenvalue weighted by atomic mass is 9.67. The predicted molar refractivity (Wildman–Crippen MR) is 184 cm³/mol. The van der Waals surface area contributed by atoms with Gasteiger partial charge in [-0.25, -0.2) is 17.8 Å². The van der Waals surface area contributed by atoms with Crippen molar-refractivity contribution in [2.24, 2.45) is 0 Å². The number of fused-ring (bicyclic) bond motifs is 4. The van der Waals surface area contributed by atoms with Crippen LogP contribution in [0.15, 0.2) is 60.7 Å². The first-order valence-electron chi connectivity index (χ1n) is 15.7. The molecule has 0 fully saturated rings. The fourth-order valence-corrected chi connectivity index (χ4v) is 8.21. The minimum absolute atomic E-state index is 0.185. The first-order chi connectivity index (χ1) is 21.3. The zero-order valence-electron chi connectivity index (χ0n) is 28.1. The molecule has 0 saturated heterocycles. The molecule has 1 aliphatic carbocycles. The van der Waals surface area contributed by atoms with E-state index in [0.29, 0.717) is 16.7 Å². The van der Waals surface area contributed by atoms with Crippen LogP contribution in [0.1, 0.15) is 98.6 Å². The summed E-state index contributed by atoms with van der Waals surface area (Å²) in [5.41, 5.74) is 7.54. The summed E-state index contributed by atoms with van der Waals surface area (Å²) in [5.74, 6) is -1.65. The van der Waals surface area contributed by atoms with E-state index in [4.69, 9.17) is 0 Å². The van der Waals surface area contributed by atoms with Gasteiger partial charge in [0.1, 0.15) is 7.05 Å². The molecule has 240 valence electrons. The van der Waals surface area contributed by atoms with Crippen LogP contribution in [-0.2, 0) is 15.5 Å². The minimum Gasteiger partial charge on any atom is -0.748 e. The molecule has 0 radical (unpaired) electrons. The van der Waals surface area contributed by atoms with Gasteiger partial charge in [-0.1, -0.05) is 45.0 Å². The lowest BCUT2D eigenvalue weighted by Gasteiger charge is -2.43. The molecule has 0 bridgehead atoms. The number of hydrogen-bond acceptors (Lipinski definition) is 5. The molecular formula is C38H42N2O5S. The predicted octanol–water partition coefficient (Wildman–Crippen LogP) is 5.13.